The van der Waals surface area contributed by atoms with Gasteiger partial charge in [-0.2, -0.15) is 0 Å². The maximum Gasteiger partial charge on any atom is 0.156 e. The van der Waals surface area contributed by atoms with Gasteiger partial charge in [0.15, 0.2) is 21.5 Å². The molecule has 7 nitrogen and oxygen atoms in total. The molecule has 3 aromatic rings. The third-order valence-corrected chi connectivity index (χ3v) is 6.41. The minimum atomic E-state index is -3.48. The van der Waals surface area contributed by atoms with Crippen LogP contribution < -0.4 is 4.74 Å². The van der Waals surface area contributed by atoms with Crippen molar-refractivity contribution in [1.82, 2.24) is 20.0 Å². The van der Waals surface area contributed by atoms with Gasteiger partial charge in [0.1, 0.15) is 17.1 Å². The number of benzene rings is 1. The van der Waals surface area contributed by atoms with Crippen LogP contribution in [-0.2, 0) is 15.6 Å². The molecule has 1 aromatic carbocycles. The van der Waals surface area contributed by atoms with Gasteiger partial charge >= 0.3 is 0 Å². The summed E-state index contributed by atoms with van der Waals surface area (Å²) in [6.45, 7) is 0. The molecule has 2 heterocycles. The molecule has 1 saturated carbocycles. The molecule has 2 aromatic heterocycles. The van der Waals surface area contributed by atoms with Crippen molar-refractivity contribution in [2.75, 3.05) is 12.9 Å². The van der Waals surface area contributed by atoms with E-state index in [4.69, 9.17) is 4.74 Å². The van der Waals surface area contributed by atoms with Crippen molar-refractivity contribution < 1.29 is 21.9 Å². The first-order valence-electron chi connectivity index (χ1n) is 8.96. The highest BCUT2D eigenvalue weighted by molar-refractivity contribution is 7.90. The molecule has 152 valence electrons. The largest absolute Gasteiger partial charge is 0.495 e. The highest BCUT2D eigenvalue weighted by atomic mass is 32.2. The van der Waals surface area contributed by atoms with Crippen LogP contribution >= 0.6 is 0 Å². The van der Waals surface area contributed by atoms with Gasteiger partial charge in [0.25, 0.3) is 0 Å². The Hall–Kier alpha value is -2.88. The zero-order chi connectivity index (χ0) is 20.6. The molecule has 0 amide bonds. The van der Waals surface area contributed by atoms with Crippen LogP contribution in [0.1, 0.15) is 18.4 Å². The van der Waals surface area contributed by atoms with Crippen LogP contribution in [-0.4, -0.2) is 41.3 Å². The molecular formula is C19H18F2N4O3S. The van der Waals surface area contributed by atoms with Crippen LogP contribution in [0.2, 0.25) is 0 Å². The number of sulfone groups is 1. The Kier molecular flexibility index (Phi) is 5.03. The number of hydrogen-bond acceptors (Lipinski definition) is 6. The third-order valence-electron chi connectivity index (χ3n) is 4.68. The van der Waals surface area contributed by atoms with Gasteiger partial charge in [-0.1, -0.05) is 11.3 Å². The Labute approximate surface area is 166 Å². The summed E-state index contributed by atoms with van der Waals surface area (Å²) < 4.78 is 60.0. The summed E-state index contributed by atoms with van der Waals surface area (Å²) in [6, 6.07) is 3.85. The zero-order valence-electron chi connectivity index (χ0n) is 15.5. The Balaban J connectivity index is 1.67. The average Bonchev–Trinajstić information content (AvgIpc) is 3.36. The number of pyridine rings is 1. The van der Waals surface area contributed by atoms with E-state index in [1.54, 1.807) is 6.07 Å². The van der Waals surface area contributed by atoms with E-state index in [0.29, 0.717) is 17.0 Å². The lowest BCUT2D eigenvalue weighted by Gasteiger charge is -2.10. The molecule has 0 saturated heterocycles. The summed E-state index contributed by atoms with van der Waals surface area (Å²) in [5.74, 6) is -1.65. The van der Waals surface area contributed by atoms with E-state index in [1.165, 1.54) is 25.7 Å². The van der Waals surface area contributed by atoms with E-state index in [-0.39, 0.29) is 17.2 Å². The van der Waals surface area contributed by atoms with Crippen molar-refractivity contribution >= 4 is 9.84 Å². The number of hydrogen-bond donors (Lipinski definition) is 0. The van der Waals surface area contributed by atoms with Crippen LogP contribution in [0.5, 0.6) is 5.75 Å². The maximum atomic E-state index is 15.0. The summed E-state index contributed by atoms with van der Waals surface area (Å²) in [6.07, 6.45) is 6.12. The second-order valence-electron chi connectivity index (χ2n) is 7.03. The maximum absolute atomic E-state index is 15.0. The summed E-state index contributed by atoms with van der Waals surface area (Å²) >= 11 is 0. The molecule has 0 radical (unpaired) electrons. The third kappa shape index (κ3) is 4.26. The molecule has 1 aliphatic carbocycles. The van der Waals surface area contributed by atoms with Crippen LogP contribution in [0, 0.1) is 17.6 Å². The van der Waals surface area contributed by atoms with Crippen molar-refractivity contribution in [3.8, 4) is 22.7 Å². The molecule has 0 unspecified atom stereocenters. The van der Waals surface area contributed by atoms with Gasteiger partial charge in [-0.25, -0.2) is 21.9 Å². The fourth-order valence-electron chi connectivity index (χ4n) is 3.02. The number of halogens is 2. The van der Waals surface area contributed by atoms with E-state index in [2.05, 4.69) is 15.3 Å². The minimum absolute atomic E-state index is 0.0233. The average molecular weight is 420 g/mol. The predicted molar refractivity (Wildman–Crippen MR) is 101 cm³/mol. The first-order valence-corrected chi connectivity index (χ1v) is 10.8. The second-order valence-corrected chi connectivity index (χ2v) is 9.14. The predicted octanol–water partition coefficient (Wildman–Crippen LogP) is 2.94. The molecule has 1 aliphatic rings. The van der Waals surface area contributed by atoms with Crippen molar-refractivity contribution in [2.45, 2.75) is 18.6 Å². The van der Waals surface area contributed by atoms with E-state index < -0.39 is 32.9 Å². The second kappa shape index (κ2) is 7.51. The molecule has 0 bridgehead atoms. The molecule has 0 aliphatic heterocycles. The normalized spacial score (nSPS) is 14.2. The Morgan fingerprint density at radius 3 is 2.76 bits per heavy atom. The van der Waals surface area contributed by atoms with Gasteiger partial charge in [0, 0.05) is 17.3 Å². The summed E-state index contributed by atoms with van der Waals surface area (Å²) in [5, 5.41) is 7.74. The minimum Gasteiger partial charge on any atom is -0.495 e. The molecule has 4 rings (SSSR count). The first kappa shape index (κ1) is 19.4. The van der Waals surface area contributed by atoms with Crippen LogP contribution in [0.25, 0.3) is 16.9 Å². The van der Waals surface area contributed by atoms with Crippen LogP contribution in [0.4, 0.5) is 8.78 Å². The number of aromatic nitrogens is 4. The van der Waals surface area contributed by atoms with Gasteiger partial charge in [-0.15, -0.1) is 5.10 Å². The SMILES string of the molecule is COc1cncc(-c2cn(-c3c(F)ccc(CS(=O)(=O)CC4CC4)c3F)nn2)c1. The molecule has 0 spiro atoms. The number of methoxy groups -OCH3 is 1. The highest BCUT2D eigenvalue weighted by Gasteiger charge is 2.29. The topological polar surface area (TPSA) is 87.0 Å². The van der Waals surface area contributed by atoms with Crippen molar-refractivity contribution in [1.29, 1.82) is 0 Å². The van der Waals surface area contributed by atoms with Gasteiger partial charge in [-0.3, -0.25) is 4.98 Å². The molecule has 0 atom stereocenters. The molecule has 1 fully saturated rings. The fraction of sp³-hybridized carbons (Fsp3) is 0.316. The van der Waals surface area contributed by atoms with Gasteiger partial charge < -0.3 is 4.74 Å². The molecule has 0 N–H and O–H groups in total. The van der Waals surface area contributed by atoms with E-state index in [1.807, 2.05) is 0 Å². The summed E-state index contributed by atoms with van der Waals surface area (Å²) in [7, 11) is -1.99. The monoisotopic (exact) mass is 420 g/mol. The van der Waals surface area contributed by atoms with Crippen molar-refractivity contribution in [2.24, 2.45) is 5.92 Å². The van der Waals surface area contributed by atoms with E-state index in [0.717, 1.165) is 29.7 Å². The first-order chi connectivity index (χ1) is 13.9. The van der Waals surface area contributed by atoms with E-state index in [9.17, 15) is 12.8 Å². The van der Waals surface area contributed by atoms with Crippen LogP contribution in [0.3, 0.4) is 0 Å². The molecule has 29 heavy (non-hydrogen) atoms. The molecule has 10 heteroatoms. The van der Waals surface area contributed by atoms with Crippen LogP contribution in [0.15, 0.2) is 36.8 Å². The number of rotatable bonds is 7. The molecular weight excluding hydrogens is 402 g/mol. The lowest BCUT2D eigenvalue weighted by Crippen LogP contribution is -2.13. The zero-order valence-corrected chi connectivity index (χ0v) is 16.4. The smallest absolute Gasteiger partial charge is 0.156 e. The van der Waals surface area contributed by atoms with Gasteiger partial charge in [0.05, 0.1) is 31.0 Å². The standard InChI is InChI=1S/C19H18F2N4O3S/c1-28-15-6-14(7-22-8-15)17-9-25(24-23-17)19-16(20)5-4-13(18(19)21)11-29(26,27)10-12-2-3-12/h4-9,12H,2-3,10-11H2,1H3. The Morgan fingerprint density at radius 1 is 1.24 bits per heavy atom. The quantitative estimate of drug-likeness (QED) is 0.584. The Morgan fingerprint density at radius 2 is 2.03 bits per heavy atom. The Bertz CT molecular complexity index is 1160. The van der Waals surface area contributed by atoms with E-state index >= 15 is 4.39 Å². The van der Waals surface area contributed by atoms with Crippen molar-refractivity contribution in [3.63, 3.8) is 0 Å². The van der Waals surface area contributed by atoms with Crippen molar-refractivity contribution in [3.05, 3.63) is 54.0 Å². The highest BCUT2D eigenvalue weighted by Crippen LogP contribution is 2.32. The summed E-state index contributed by atoms with van der Waals surface area (Å²) in [5.41, 5.74) is 0.322. The lowest BCUT2D eigenvalue weighted by atomic mass is 10.2. The summed E-state index contributed by atoms with van der Waals surface area (Å²) in [4.78, 5) is 4.02. The fourth-order valence-corrected chi connectivity index (χ4v) is 4.89. The van der Waals surface area contributed by atoms with Gasteiger partial charge in [-0.05, 0) is 30.9 Å². The van der Waals surface area contributed by atoms with Gasteiger partial charge in [0.2, 0.25) is 0 Å². The number of nitrogens with zero attached hydrogens (tertiary/aromatic N) is 4. The number of ether oxygens (including phenoxy) is 1. The lowest BCUT2D eigenvalue weighted by molar-refractivity contribution is 0.413.